The zero-order valence-electron chi connectivity index (χ0n) is 12.6. The third-order valence-corrected chi connectivity index (χ3v) is 3.67. The van der Waals surface area contributed by atoms with E-state index in [9.17, 15) is 4.79 Å². The van der Waals surface area contributed by atoms with Gasteiger partial charge in [-0.05, 0) is 6.42 Å². The number of benzene rings is 2. The molecule has 112 valence electrons. The SMILES string of the molecule is CCCN1C(=O)C=C(c2ccccc2)OC1c1ccccc1. The fourth-order valence-corrected chi connectivity index (χ4v) is 2.62. The Hall–Kier alpha value is -2.55. The number of carbonyl (C=O) groups is 1. The predicted molar refractivity (Wildman–Crippen MR) is 86.7 cm³/mol. The summed E-state index contributed by atoms with van der Waals surface area (Å²) in [7, 11) is 0. The summed E-state index contributed by atoms with van der Waals surface area (Å²) in [6.45, 7) is 2.74. The first kappa shape index (κ1) is 14.4. The summed E-state index contributed by atoms with van der Waals surface area (Å²) >= 11 is 0. The predicted octanol–water partition coefficient (Wildman–Crippen LogP) is 4.00. The summed E-state index contributed by atoms with van der Waals surface area (Å²) < 4.78 is 6.16. The van der Waals surface area contributed by atoms with Crippen LogP contribution in [0.15, 0.2) is 66.7 Å². The van der Waals surface area contributed by atoms with Gasteiger partial charge in [0, 0.05) is 23.7 Å². The Bertz CT molecular complexity index is 664. The fraction of sp³-hybridized carbons (Fsp3) is 0.211. The van der Waals surface area contributed by atoms with Gasteiger partial charge in [0.2, 0.25) is 6.23 Å². The van der Waals surface area contributed by atoms with E-state index in [1.54, 1.807) is 11.0 Å². The van der Waals surface area contributed by atoms with Crippen LogP contribution in [0.25, 0.3) is 5.76 Å². The van der Waals surface area contributed by atoms with E-state index in [-0.39, 0.29) is 12.1 Å². The summed E-state index contributed by atoms with van der Waals surface area (Å²) in [5.74, 6) is 0.632. The van der Waals surface area contributed by atoms with Crippen molar-refractivity contribution in [2.45, 2.75) is 19.6 Å². The molecule has 0 fully saturated rings. The topological polar surface area (TPSA) is 29.5 Å². The van der Waals surface area contributed by atoms with Gasteiger partial charge in [0.05, 0.1) is 0 Å². The second kappa shape index (κ2) is 6.48. The monoisotopic (exact) mass is 293 g/mol. The van der Waals surface area contributed by atoms with Gasteiger partial charge >= 0.3 is 0 Å². The van der Waals surface area contributed by atoms with Crippen molar-refractivity contribution in [1.82, 2.24) is 4.90 Å². The van der Waals surface area contributed by atoms with Crippen molar-refractivity contribution >= 4 is 11.7 Å². The minimum atomic E-state index is -0.367. The number of hydrogen-bond donors (Lipinski definition) is 0. The van der Waals surface area contributed by atoms with Crippen LogP contribution < -0.4 is 0 Å². The Morgan fingerprint density at radius 1 is 1.00 bits per heavy atom. The molecular formula is C19H19NO2. The number of nitrogens with zero attached hydrogens (tertiary/aromatic N) is 1. The molecule has 0 spiro atoms. The van der Waals surface area contributed by atoms with E-state index in [4.69, 9.17) is 4.74 Å². The maximum Gasteiger partial charge on any atom is 0.253 e. The molecule has 0 radical (unpaired) electrons. The van der Waals surface area contributed by atoms with Crippen molar-refractivity contribution in [3.8, 4) is 0 Å². The number of carbonyl (C=O) groups excluding carboxylic acids is 1. The van der Waals surface area contributed by atoms with Crippen LogP contribution in [0.1, 0.15) is 30.7 Å². The molecule has 0 saturated heterocycles. The van der Waals surface area contributed by atoms with Gasteiger partial charge in [0.15, 0.2) is 0 Å². The largest absolute Gasteiger partial charge is 0.465 e. The molecule has 3 heteroatoms. The third-order valence-electron chi connectivity index (χ3n) is 3.67. The highest BCUT2D eigenvalue weighted by Gasteiger charge is 2.30. The molecule has 1 unspecified atom stereocenters. The fourth-order valence-electron chi connectivity index (χ4n) is 2.62. The highest BCUT2D eigenvalue weighted by Crippen LogP contribution is 2.33. The Morgan fingerprint density at radius 2 is 1.64 bits per heavy atom. The smallest absolute Gasteiger partial charge is 0.253 e. The molecule has 22 heavy (non-hydrogen) atoms. The molecule has 0 saturated carbocycles. The van der Waals surface area contributed by atoms with Crippen molar-refractivity contribution in [2.24, 2.45) is 0 Å². The van der Waals surface area contributed by atoms with Crippen LogP contribution in [0.4, 0.5) is 0 Å². The van der Waals surface area contributed by atoms with Gasteiger partial charge in [-0.2, -0.15) is 0 Å². The third kappa shape index (κ3) is 2.89. The second-order valence-corrected chi connectivity index (χ2v) is 5.29. The molecule has 1 amide bonds. The zero-order chi connectivity index (χ0) is 15.4. The van der Waals surface area contributed by atoms with Crippen LogP contribution >= 0.6 is 0 Å². The molecule has 3 rings (SSSR count). The van der Waals surface area contributed by atoms with Gasteiger partial charge in [0.1, 0.15) is 5.76 Å². The average Bonchev–Trinajstić information content (AvgIpc) is 2.58. The quantitative estimate of drug-likeness (QED) is 0.853. The zero-order valence-corrected chi connectivity index (χ0v) is 12.6. The molecule has 1 aliphatic rings. The summed E-state index contributed by atoms with van der Waals surface area (Å²) in [6.07, 6.45) is 2.12. The van der Waals surface area contributed by atoms with Crippen molar-refractivity contribution in [3.63, 3.8) is 0 Å². The van der Waals surface area contributed by atoms with Gasteiger partial charge in [0.25, 0.3) is 5.91 Å². The van der Waals surface area contributed by atoms with E-state index in [1.807, 2.05) is 60.7 Å². The second-order valence-electron chi connectivity index (χ2n) is 5.29. The number of rotatable bonds is 4. The number of amides is 1. The average molecular weight is 293 g/mol. The van der Waals surface area contributed by atoms with Crippen LogP contribution in [0, 0.1) is 0 Å². The summed E-state index contributed by atoms with van der Waals surface area (Å²) in [5.41, 5.74) is 1.92. The first-order chi connectivity index (χ1) is 10.8. The van der Waals surface area contributed by atoms with Crippen molar-refractivity contribution in [3.05, 3.63) is 77.9 Å². The van der Waals surface area contributed by atoms with Crippen LogP contribution in [0.3, 0.4) is 0 Å². The standard InChI is InChI=1S/C19H19NO2/c1-2-13-20-18(21)14-17(15-9-5-3-6-10-15)22-19(20)16-11-7-4-8-12-16/h3-12,14,19H,2,13H2,1H3. The van der Waals surface area contributed by atoms with E-state index < -0.39 is 0 Å². The lowest BCUT2D eigenvalue weighted by Crippen LogP contribution is -2.38. The summed E-state index contributed by atoms with van der Waals surface area (Å²) in [6, 6.07) is 19.6. The van der Waals surface area contributed by atoms with E-state index in [0.717, 1.165) is 17.5 Å². The van der Waals surface area contributed by atoms with Crippen molar-refractivity contribution in [2.75, 3.05) is 6.54 Å². The van der Waals surface area contributed by atoms with E-state index >= 15 is 0 Å². The summed E-state index contributed by atoms with van der Waals surface area (Å²) in [5, 5.41) is 0. The van der Waals surface area contributed by atoms with Crippen molar-refractivity contribution < 1.29 is 9.53 Å². The molecular weight excluding hydrogens is 274 g/mol. The molecule has 1 aliphatic heterocycles. The minimum Gasteiger partial charge on any atom is -0.465 e. The van der Waals surface area contributed by atoms with Gasteiger partial charge in [-0.15, -0.1) is 0 Å². The molecule has 1 heterocycles. The van der Waals surface area contributed by atoms with Gasteiger partial charge in [-0.3, -0.25) is 9.69 Å². The molecule has 0 aromatic heterocycles. The molecule has 0 N–H and O–H groups in total. The van der Waals surface area contributed by atoms with Crippen molar-refractivity contribution in [1.29, 1.82) is 0 Å². The summed E-state index contributed by atoms with van der Waals surface area (Å²) in [4.78, 5) is 14.3. The Kier molecular flexibility index (Phi) is 4.24. The van der Waals surface area contributed by atoms with E-state index in [1.165, 1.54) is 0 Å². The van der Waals surface area contributed by atoms with Crippen LogP contribution in [-0.4, -0.2) is 17.4 Å². The Balaban J connectivity index is 1.97. The van der Waals surface area contributed by atoms with Gasteiger partial charge in [-0.1, -0.05) is 67.6 Å². The number of hydrogen-bond acceptors (Lipinski definition) is 2. The number of ether oxygens (including phenoxy) is 1. The molecule has 2 aromatic carbocycles. The van der Waals surface area contributed by atoms with E-state index in [0.29, 0.717) is 12.3 Å². The maximum atomic E-state index is 12.5. The first-order valence-electron chi connectivity index (χ1n) is 7.59. The Morgan fingerprint density at radius 3 is 2.27 bits per heavy atom. The lowest BCUT2D eigenvalue weighted by atomic mass is 10.1. The molecule has 1 atom stereocenters. The van der Waals surface area contributed by atoms with Crippen LogP contribution in [0.2, 0.25) is 0 Å². The molecule has 0 aliphatic carbocycles. The molecule has 2 aromatic rings. The minimum absolute atomic E-state index is 0.000746. The molecule has 0 bridgehead atoms. The first-order valence-corrected chi connectivity index (χ1v) is 7.59. The van der Waals surface area contributed by atoms with Crippen LogP contribution in [0.5, 0.6) is 0 Å². The lowest BCUT2D eigenvalue weighted by molar-refractivity contribution is -0.139. The van der Waals surface area contributed by atoms with Crippen LogP contribution in [-0.2, 0) is 9.53 Å². The van der Waals surface area contributed by atoms with Gasteiger partial charge < -0.3 is 4.74 Å². The lowest BCUT2D eigenvalue weighted by Gasteiger charge is -2.35. The normalized spacial score (nSPS) is 17.9. The Labute approximate surface area is 130 Å². The highest BCUT2D eigenvalue weighted by atomic mass is 16.5. The maximum absolute atomic E-state index is 12.5. The highest BCUT2D eigenvalue weighted by molar-refractivity contribution is 5.95. The van der Waals surface area contributed by atoms with E-state index in [2.05, 4.69) is 6.92 Å². The molecule has 3 nitrogen and oxygen atoms in total. The van der Waals surface area contributed by atoms with Gasteiger partial charge in [-0.25, -0.2) is 0 Å².